The molecule has 0 aliphatic heterocycles. The van der Waals surface area contributed by atoms with Gasteiger partial charge in [0.15, 0.2) is 0 Å². The van der Waals surface area contributed by atoms with E-state index in [0.29, 0.717) is 17.4 Å². The van der Waals surface area contributed by atoms with Gasteiger partial charge in [-0.3, -0.25) is 0 Å². The number of ether oxygens (including phenoxy) is 1. The quantitative estimate of drug-likeness (QED) is 0.908. The highest BCUT2D eigenvalue weighted by atomic mass is 32.2. The maximum Gasteiger partial charge on any atom is 0.240 e. The van der Waals surface area contributed by atoms with Gasteiger partial charge in [-0.2, -0.15) is 0 Å². The number of benzene rings is 1. The van der Waals surface area contributed by atoms with Gasteiger partial charge in [0, 0.05) is 6.04 Å². The van der Waals surface area contributed by atoms with E-state index in [2.05, 4.69) is 11.6 Å². The minimum absolute atomic E-state index is 0.0515. The van der Waals surface area contributed by atoms with Crippen molar-refractivity contribution in [3.05, 3.63) is 23.8 Å². The standard InChI is InChI=1S/C16H25NO3S/c1-4-20-16-10-9-14(11-13(16)3)21(18,19)17-15-8-6-5-7-12(15)2/h9-12,15,17H,4-8H2,1-3H3/t12-,15+/m0/s1. The van der Waals surface area contributed by atoms with Crippen molar-refractivity contribution in [2.75, 3.05) is 6.61 Å². The lowest BCUT2D eigenvalue weighted by Gasteiger charge is -2.29. The van der Waals surface area contributed by atoms with Gasteiger partial charge in [0.25, 0.3) is 0 Å². The molecule has 1 aromatic carbocycles. The van der Waals surface area contributed by atoms with E-state index in [0.717, 1.165) is 30.6 Å². The maximum absolute atomic E-state index is 12.5. The lowest BCUT2D eigenvalue weighted by Crippen LogP contribution is -2.40. The molecule has 2 atom stereocenters. The monoisotopic (exact) mass is 311 g/mol. The Labute approximate surface area is 127 Å². The fourth-order valence-corrected chi connectivity index (χ4v) is 4.33. The highest BCUT2D eigenvalue weighted by Gasteiger charge is 2.26. The highest BCUT2D eigenvalue weighted by molar-refractivity contribution is 7.89. The molecule has 0 amide bonds. The molecule has 1 N–H and O–H groups in total. The van der Waals surface area contributed by atoms with Crippen molar-refractivity contribution < 1.29 is 13.2 Å². The van der Waals surface area contributed by atoms with E-state index < -0.39 is 10.0 Å². The molecule has 0 unspecified atom stereocenters. The first-order valence-electron chi connectivity index (χ1n) is 7.70. The van der Waals surface area contributed by atoms with E-state index in [4.69, 9.17) is 4.74 Å². The van der Waals surface area contributed by atoms with Crippen LogP contribution in [0.1, 0.15) is 45.1 Å². The number of nitrogens with one attached hydrogen (secondary N) is 1. The van der Waals surface area contributed by atoms with Gasteiger partial charge in [-0.15, -0.1) is 0 Å². The topological polar surface area (TPSA) is 55.4 Å². The zero-order valence-corrected chi connectivity index (χ0v) is 13.9. The molecule has 0 radical (unpaired) electrons. The SMILES string of the molecule is CCOc1ccc(S(=O)(=O)N[C@@H]2CCCC[C@@H]2C)cc1C. The van der Waals surface area contributed by atoms with Crippen molar-refractivity contribution in [1.82, 2.24) is 4.72 Å². The summed E-state index contributed by atoms with van der Waals surface area (Å²) in [5.41, 5.74) is 0.844. The van der Waals surface area contributed by atoms with E-state index in [1.807, 2.05) is 13.8 Å². The second kappa shape index (κ2) is 6.79. The minimum Gasteiger partial charge on any atom is -0.494 e. The Morgan fingerprint density at radius 3 is 2.62 bits per heavy atom. The van der Waals surface area contributed by atoms with E-state index in [-0.39, 0.29) is 6.04 Å². The predicted molar refractivity (Wildman–Crippen MR) is 84.1 cm³/mol. The first-order valence-corrected chi connectivity index (χ1v) is 9.18. The molecule has 118 valence electrons. The van der Waals surface area contributed by atoms with Gasteiger partial charge in [-0.25, -0.2) is 13.1 Å². The van der Waals surface area contributed by atoms with Gasteiger partial charge in [-0.05, 0) is 56.4 Å². The normalized spacial score (nSPS) is 23.0. The van der Waals surface area contributed by atoms with E-state index in [1.54, 1.807) is 18.2 Å². The van der Waals surface area contributed by atoms with E-state index in [1.165, 1.54) is 6.42 Å². The molecule has 1 aliphatic rings. The molecule has 2 rings (SSSR count). The third-order valence-corrected chi connectivity index (χ3v) is 5.66. The summed E-state index contributed by atoms with van der Waals surface area (Å²) in [5, 5.41) is 0. The van der Waals surface area contributed by atoms with Crippen molar-refractivity contribution in [2.24, 2.45) is 5.92 Å². The van der Waals surface area contributed by atoms with Crippen molar-refractivity contribution in [2.45, 2.75) is 57.4 Å². The Balaban J connectivity index is 2.17. The molecule has 1 aliphatic carbocycles. The van der Waals surface area contributed by atoms with Crippen LogP contribution in [0, 0.1) is 12.8 Å². The van der Waals surface area contributed by atoms with Crippen molar-refractivity contribution in [3.63, 3.8) is 0 Å². The van der Waals surface area contributed by atoms with Gasteiger partial charge in [0.1, 0.15) is 5.75 Å². The van der Waals surface area contributed by atoms with Crippen LogP contribution in [0.5, 0.6) is 5.75 Å². The first kappa shape index (κ1) is 16.3. The van der Waals surface area contributed by atoms with Crippen LogP contribution in [0.3, 0.4) is 0 Å². The van der Waals surface area contributed by atoms with Crippen molar-refractivity contribution >= 4 is 10.0 Å². The van der Waals surface area contributed by atoms with Gasteiger partial charge >= 0.3 is 0 Å². The Morgan fingerprint density at radius 2 is 2.00 bits per heavy atom. The summed E-state index contributed by atoms with van der Waals surface area (Å²) in [4.78, 5) is 0.321. The largest absolute Gasteiger partial charge is 0.494 e. The third kappa shape index (κ3) is 3.98. The summed E-state index contributed by atoms with van der Waals surface area (Å²) in [7, 11) is -3.45. The van der Waals surface area contributed by atoms with Crippen molar-refractivity contribution in [1.29, 1.82) is 0 Å². The fraction of sp³-hybridized carbons (Fsp3) is 0.625. The van der Waals surface area contributed by atoms with Crippen LogP contribution in [0.15, 0.2) is 23.1 Å². The smallest absolute Gasteiger partial charge is 0.240 e. The molecule has 4 nitrogen and oxygen atoms in total. The van der Waals surface area contributed by atoms with Crippen LogP contribution < -0.4 is 9.46 Å². The summed E-state index contributed by atoms with van der Waals surface area (Å²) < 4.78 is 33.4. The molecule has 0 spiro atoms. The summed E-state index contributed by atoms with van der Waals surface area (Å²) in [6, 6.07) is 5.09. The Kier molecular flexibility index (Phi) is 5.27. The van der Waals surface area contributed by atoms with E-state index in [9.17, 15) is 8.42 Å². The van der Waals surface area contributed by atoms with Crippen LogP contribution in [0.2, 0.25) is 0 Å². The summed E-state index contributed by atoms with van der Waals surface area (Å²) >= 11 is 0. The Hall–Kier alpha value is -1.07. The molecular weight excluding hydrogens is 286 g/mol. The second-order valence-corrected chi connectivity index (χ2v) is 7.56. The fourth-order valence-electron chi connectivity index (χ4n) is 2.87. The molecule has 0 saturated heterocycles. The summed E-state index contributed by atoms with van der Waals surface area (Å²) in [6.45, 7) is 6.48. The highest BCUT2D eigenvalue weighted by Crippen LogP contribution is 2.26. The molecule has 0 bridgehead atoms. The molecule has 0 aromatic heterocycles. The average molecular weight is 311 g/mol. The number of hydrogen-bond donors (Lipinski definition) is 1. The maximum atomic E-state index is 12.5. The van der Waals surface area contributed by atoms with Gasteiger partial charge < -0.3 is 4.74 Å². The molecule has 1 fully saturated rings. The number of sulfonamides is 1. The molecular formula is C16H25NO3S. The molecule has 5 heteroatoms. The second-order valence-electron chi connectivity index (χ2n) is 5.85. The van der Waals surface area contributed by atoms with Gasteiger partial charge in [-0.1, -0.05) is 19.8 Å². The van der Waals surface area contributed by atoms with Crippen molar-refractivity contribution in [3.8, 4) is 5.75 Å². The number of rotatable bonds is 5. The molecule has 21 heavy (non-hydrogen) atoms. The Bertz CT molecular complexity index is 583. The molecule has 1 aromatic rings. The first-order chi connectivity index (χ1) is 9.94. The zero-order valence-electron chi connectivity index (χ0n) is 13.1. The van der Waals surface area contributed by atoms with Crippen LogP contribution in [0.4, 0.5) is 0 Å². The number of aryl methyl sites for hydroxylation is 1. The van der Waals surface area contributed by atoms with E-state index >= 15 is 0 Å². The molecule has 0 heterocycles. The summed E-state index contributed by atoms with van der Waals surface area (Å²) in [5.74, 6) is 1.14. The third-order valence-electron chi connectivity index (χ3n) is 4.17. The minimum atomic E-state index is -3.45. The molecule has 1 saturated carbocycles. The summed E-state index contributed by atoms with van der Waals surface area (Å²) in [6.07, 6.45) is 4.31. The van der Waals surface area contributed by atoms with Crippen LogP contribution in [-0.4, -0.2) is 21.1 Å². The Morgan fingerprint density at radius 1 is 1.29 bits per heavy atom. The van der Waals surface area contributed by atoms with Crippen LogP contribution >= 0.6 is 0 Å². The van der Waals surface area contributed by atoms with Gasteiger partial charge in [0.05, 0.1) is 11.5 Å². The van der Waals surface area contributed by atoms with Crippen LogP contribution in [0.25, 0.3) is 0 Å². The van der Waals surface area contributed by atoms with Crippen LogP contribution in [-0.2, 0) is 10.0 Å². The zero-order chi connectivity index (χ0) is 15.5. The lowest BCUT2D eigenvalue weighted by atomic mass is 9.87. The number of hydrogen-bond acceptors (Lipinski definition) is 3. The average Bonchev–Trinajstić information content (AvgIpc) is 2.43. The lowest BCUT2D eigenvalue weighted by molar-refractivity contribution is 0.310. The van der Waals surface area contributed by atoms with Gasteiger partial charge in [0.2, 0.25) is 10.0 Å². The predicted octanol–water partition coefficient (Wildman–Crippen LogP) is 3.25.